The molecule has 3 aliphatic heterocycles. The lowest BCUT2D eigenvalue weighted by atomic mass is 10.1. The lowest BCUT2D eigenvalue weighted by Gasteiger charge is -2.35. The zero-order valence-electron chi connectivity index (χ0n) is 16.6. The van der Waals surface area contributed by atoms with Gasteiger partial charge in [0.1, 0.15) is 11.4 Å². The van der Waals surface area contributed by atoms with Gasteiger partial charge in [0, 0.05) is 44.3 Å². The first kappa shape index (κ1) is 19.6. The average Bonchev–Trinajstić information content (AvgIpc) is 3.22. The molecule has 4 heterocycles. The molecule has 5 rings (SSSR count). The molecule has 0 aliphatic carbocycles. The fourth-order valence-electron chi connectivity index (χ4n) is 3.87. The zero-order valence-corrected chi connectivity index (χ0v) is 17.4. The molecule has 2 aromatic rings. The van der Waals surface area contributed by atoms with Crippen LogP contribution < -0.4 is 0 Å². The van der Waals surface area contributed by atoms with E-state index in [4.69, 9.17) is 4.42 Å². The fourth-order valence-corrected chi connectivity index (χ4v) is 4.84. The third-order valence-electron chi connectivity index (χ3n) is 5.56. The number of carbonyl (C=O) groups excluding carboxylic acids is 2. The maximum atomic E-state index is 12.9. The number of para-hydroxylation sites is 1. The van der Waals surface area contributed by atoms with Crippen molar-refractivity contribution in [2.75, 3.05) is 38.5 Å². The minimum atomic E-state index is -3.43. The molecule has 0 atom stereocenters. The largest absolute Gasteiger partial charge is 0.451 e. The van der Waals surface area contributed by atoms with Crippen LogP contribution in [0.15, 0.2) is 63.1 Å². The molecule has 0 N–H and O–H groups in total. The van der Waals surface area contributed by atoms with Gasteiger partial charge in [-0.3, -0.25) is 9.59 Å². The number of nitrogens with zero attached hydrogens (tertiary/aromatic N) is 4. The minimum absolute atomic E-state index is 0.0785. The van der Waals surface area contributed by atoms with E-state index >= 15 is 0 Å². The van der Waals surface area contributed by atoms with Crippen LogP contribution in [-0.4, -0.2) is 79.2 Å². The molecule has 2 amide bonds. The molecule has 31 heavy (non-hydrogen) atoms. The Bertz CT molecular complexity index is 1230. The maximum Gasteiger partial charge on any atom is 0.289 e. The summed E-state index contributed by atoms with van der Waals surface area (Å²) in [7, 11) is -3.43. The Labute approximate surface area is 179 Å². The maximum absolute atomic E-state index is 12.9. The molecule has 0 unspecified atom stereocenters. The topological polar surface area (TPSA) is 103 Å². The minimum Gasteiger partial charge on any atom is -0.451 e. The number of benzene rings is 1. The smallest absolute Gasteiger partial charge is 0.289 e. The SMILES string of the molecule is O=C(C1=CN2CCS(=O)(=O)N=C2C=C1)N1CCN(C(=O)c2cc3ccccc3o2)CC1. The highest BCUT2D eigenvalue weighted by Crippen LogP contribution is 2.22. The number of hydrogen-bond donors (Lipinski definition) is 0. The van der Waals surface area contributed by atoms with E-state index in [0.717, 1.165) is 5.39 Å². The second-order valence-corrected chi connectivity index (χ2v) is 9.33. The van der Waals surface area contributed by atoms with Gasteiger partial charge in [-0.25, -0.2) is 8.42 Å². The molecule has 0 saturated carbocycles. The number of carbonyl (C=O) groups is 2. The lowest BCUT2D eigenvalue weighted by molar-refractivity contribution is -0.128. The molecular formula is C21H20N4O5S. The van der Waals surface area contributed by atoms with Crippen LogP contribution in [0.5, 0.6) is 0 Å². The van der Waals surface area contributed by atoms with Crippen LogP contribution in [-0.2, 0) is 14.8 Å². The summed E-state index contributed by atoms with van der Waals surface area (Å²) >= 11 is 0. The molecule has 0 spiro atoms. The van der Waals surface area contributed by atoms with Crippen LogP contribution >= 0.6 is 0 Å². The summed E-state index contributed by atoms with van der Waals surface area (Å²) in [5.74, 6) is 0.204. The summed E-state index contributed by atoms with van der Waals surface area (Å²) in [5.41, 5.74) is 1.14. The molecule has 10 heteroatoms. The van der Waals surface area contributed by atoms with Crippen molar-refractivity contribution in [1.82, 2.24) is 14.7 Å². The van der Waals surface area contributed by atoms with Gasteiger partial charge in [-0.05, 0) is 24.3 Å². The molecule has 160 valence electrons. The van der Waals surface area contributed by atoms with E-state index in [1.165, 1.54) is 0 Å². The van der Waals surface area contributed by atoms with Crippen molar-refractivity contribution in [2.24, 2.45) is 4.40 Å². The third kappa shape index (κ3) is 3.74. The van der Waals surface area contributed by atoms with Crippen molar-refractivity contribution in [3.63, 3.8) is 0 Å². The zero-order chi connectivity index (χ0) is 21.6. The van der Waals surface area contributed by atoms with Gasteiger partial charge in [0.15, 0.2) is 5.76 Å². The second-order valence-electron chi connectivity index (χ2n) is 7.58. The van der Waals surface area contributed by atoms with E-state index in [9.17, 15) is 18.0 Å². The number of amidine groups is 1. The molecule has 3 aliphatic rings. The van der Waals surface area contributed by atoms with Crippen LogP contribution in [0.4, 0.5) is 0 Å². The summed E-state index contributed by atoms with van der Waals surface area (Å²) in [6.45, 7) is 1.90. The Hall–Kier alpha value is -3.40. The quantitative estimate of drug-likeness (QED) is 0.696. The van der Waals surface area contributed by atoms with E-state index in [1.807, 2.05) is 24.3 Å². The van der Waals surface area contributed by atoms with Gasteiger partial charge in [0.05, 0.1) is 11.3 Å². The Kier molecular flexibility index (Phi) is 4.66. The van der Waals surface area contributed by atoms with Gasteiger partial charge in [-0.2, -0.15) is 0 Å². The first-order valence-corrected chi connectivity index (χ1v) is 11.6. The molecule has 9 nitrogen and oxygen atoms in total. The summed E-state index contributed by atoms with van der Waals surface area (Å²) in [6, 6.07) is 9.21. The Morgan fingerprint density at radius 2 is 1.65 bits per heavy atom. The number of fused-ring (bicyclic) bond motifs is 2. The van der Waals surface area contributed by atoms with Crippen LogP contribution in [0.3, 0.4) is 0 Å². The number of furan rings is 1. The molecule has 0 radical (unpaired) electrons. The van der Waals surface area contributed by atoms with Crippen LogP contribution in [0.1, 0.15) is 10.6 Å². The molecule has 1 aromatic heterocycles. The number of piperazine rings is 1. The molecular weight excluding hydrogens is 420 g/mol. The Morgan fingerprint density at radius 1 is 0.935 bits per heavy atom. The average molecular weight is 440 g/mol. The summed E-state index contributed by atoms with van der Waals surface area (Å²) < 4.78 is 32.6. The fraction of sp³-hybridized carbons (Fsp3) is 0.286. The highest BCUT2D eigenvalue weighted by Gasteiger charge is 2.30. The van der Waals surface area contributed by atoms with Crippen molar-refractivity contribution in [2.45, 2.75) is 0 Å². The van der Waals surface area contributed by atoms with Crippen molar-refractivity contribution in [3.8, 4) is 0 Å². The predicted molar refractivity (Wildman–Crippen MR) is 114 cm³/mol. The van der Waals surface area contributed by atoms with Gasteiger partial charge in [-0.15, -0.1) is 4.40 Å². The number of amides is 2. The Balaban J connectivity index is 1.23. The van der Waals surface area contributed by atoms with E-state index in [1.54, 1.807) is 39.1 Å². The van der Waals surface area contributed by atoms with E-state index < -0.39 is 10.0 Å². The van der Waals surface area contributed by atoms with E-state index in [0.29, 0.717) is 48.9 Å². The predicted octanol–water partition coefficient (Wildman–Crippen LogP) is 1.21. The van der Waals surface area contributed by atoms with Gasteiger partial charge >= 0.3 is 0 Å². The molecule has 1 fully saturated rings. The van der Waals surface area contributed by atoms with Gasteiger partial charge in [-0.1, -0.05) is 18.2 Å². The Morgan fingerprint density at radius 3 is 2.39 bits per heavy atom. The normalized spacial score (nSPS) is 20.3. The molecule has 0 bridgehead atoms. The lowest BCUT2D eigenvalue weighted by Crippen LogP contribution is -2.51. The number of hydrogen-bond acceptors (Lipinski definition) is 6. The monoisotopic (exact) mass is 440 g/mol. The van der Waals surface area contributed by atoms with Crippen molar-refractivity contribution < 1.29 is 22.4 Å². The van der Waals surface area contributed by atoms with Crippen LogP contribution in [0.2, 0.25) is 0 Å². The molecule has 1 aromatic carbocycles. The third-order valence-corrected chi connectivity index (χ3v) is 6.72. The van der Waals surface area contributed by atoms with Crippen LogP contribution in [0.25, 0.3) is 11.0 Å². The number of rotatable bonds is 2. The van der Waals surface area contributed by atoms with Gasteiger partial charge in [0.25, 0.3) is 21.8 Å². The molecule has 1 saturated heterocycles. The van der Waals surface area contributed by atoms with Gasteiger partial charge in [0.2, 0.25) is 0 Å². The summed E-state index contributed by atoms with van der Waals surface area (Å²) in [6.07, 6.45) is 4.78. The van der Waals surface area contributed by atoms with Crippen molar-refractivity contribution in [1.29, 1.82) is 0 Å². The van der Waals surface area contributed by atoms with E-state index in [-0.39, 0.29) is 24.1 Å². The van der Waals surface area contributed by atoms with Crippen LogP contribution in [0, 0.1) is 0 Å². The highest BCUT2D eigenvalue weighted by molar-refractivity contribution is 7.90. The standard InChI is InChI=1S/C21H20N4O5S/c26-20(16-5-6-19-22-31(28,29)12-11-25(19)14-16)23-7-9-24(10-8-23)21(27)18-13-15-3-1-2-4-17(15)30-18/h1-6,13-14H,7-12H2. The first-order valence-electron chi connectivity index (χ1n) is 9.96. The van der Waals surface area contributed by atoms with Crippen molar-refractivity contribution >= 4 is 38.6 Å². The number of sulfonamides is 1. The second kappa shape index (κ2) is 7.38. The summed E-state index contributed by atoms with van der Waals surface area (Å²) in [5, 5.41) is 0.879. The van der Waals surface area contributed by atoms with Crippen molar-refractivity contribution in [3.05, 3.63) is 60.0 Å². The first-order chi connectivity index (χ1) is 14.9. The highest BCUT2D eigenvalue weighted by atomic mass is 32.2. The van der Waals surface area contributed by atoms with E-state index in [2.05, 4.69) is 4.40 Å². The van der Waals surface area contributed by atoms with Gasteiger partial charge < -0.3 is 19.1 Å². The summed E-state index contributed by atoms with van der Waals surface area (Å²) in [4.78, 5) is 30.8.